The number of aldehydes is 1. The van der Waals surface area contributed by atoms with E-state index in [9.17, 15) is 25.2 Å². The Kier molecular flexibility index (Phi) is 11.5. The van der Waals surface area contributed by atoms with Crippen molar-refractivity contribution < 1.29 is 45.0 Å². The van der Waals surface area contributed by atoms with Gasteiger partial charge in [-0.3, -0.25) is 5.32 Å². The van der Waals surface area contributed by atoms with Crippen molar-refractivity contribution in [2.24, 2.45) is 99.1 Å². The minimum atomic E-state index is -2.37. The summed E-state index contributed by atoms with van der Waals surface area (Å²) in [5.41, 5.74) is -6.06. The molecule has 0 unspecified atom stereocenters. The van der Waals surface area contributed by atoms with Crippen LogP contribution in [0.2, 0.25) is 0 Å². The first-order valence-electron chi connectivity index (χ1n) is 30.4. The summed E-state index contributed by atoms with van der Waals surface area (Å²) in [7, 11) is 0. The Morgan fingerprint density at radius 1 is 0.779 bits per heavy atom. The Labute approximate surface area is 454 Å². The first kappa shape index (κ1) is 49.9. The molecule has 0 radical (unpaired) electrons. The summed E-state index contributed by atoms with van der Waals surface area (Å²) in [4.78, 5) is 29.7. The first-order chi connectivity index (χ1) is 37.4. The maximum Gasteiger partial charge on any atom is 0.331 e. The van der Waals surface area contributed by atoms with E-state index in [0.29, 0.717) is 57.3 Å². The maximum absolute atomic E-state index is 15.7. The Balaban J connectivity index is 0.979. The van der Waals surface area contributed by atoms with Crippen molar-refractivity contribution in [3.8, 4) is 23.7 Å². The van der Waals surface area contributed by atoms with E-state index in [1.165, 1.54) is 18.4 Å². The molecule has 15 rings (SSSR count). The number of ether oxygens (including phenoxy) is 1. The molecule has 24 atom stereocenters. The Morgan fingerprint density at radius 2 is 1.58 bits per heavy atom. The monoisotopic (exact) mass is 1040 g/mol. The number of rotatable bonds is 5. The van der Waals surface area contributed by atoms with Crippen molar-refractivity contribution >= 4 is 12.3 Å². The zero-order chi connectivity index (χ0) is 52.4. The van der Waals surface area contributed by atoms with Crippen LogP contribution in [-0.4, -0.2) is 90.8 Å². The van der Waals surface area contributed by atoms with Gasteiger partial charge in [-0.1, -0.05) is 104 Å². The van der Waals surface area contributed by atoms with Crippen molar-refractivity contribution in [3.05, 3.63) is 95.1 Å². The van der Waals surface area contributed by atoms with Crippen molar-refractivity contribution in [2.75, 3.05) is 6.73 Å². The van der Waals surface area contributed by atoms with Crippen LogP contribution in [0.25, 0.3) is 0 Å². The van der Waals surface area contributed by atoms with Crippen molar-refractivity contribution in [1.82, 2.24) is 5.32 Å². The van der Waals surface area contributed by atoms with Gasteiger partial charge in [0, 0.05) is 70.9 Å². The number of nitrogens with one attached hydrogen (secondary N) is 1. The van der Waals surface area contributed by atoms with Crippen LogP contribution in [0.4, 0.5) is 0 Å². The van der Waals surface area contributed by atoms with Crippen LogP contribution in [0.5, 0.6) is 0 Å². The van der Waals surface area contributed by atoms with Gasteiger partial charge in [-0.25, -0.2) is 4.79 Å². The number of carbonyl (C=O) groups is 2. The van der Waals surface area contributed by atoms with Crippen LogP contribution >= 0.6 is 0 Å². The highest BCUT2D eigenvalue weighted by Gasteiger charge is 2.89. The highest BCUT2D eigenvalue weighted by atomic mass is 16.5. The molecule has 9 fully saturated rings. The van der Waals surface area contributed by atoms with Gasteiger partial charge in [0.2, 0.25) is 0 Å². The minimum absolute atomic E-state index is 0.00277. The topological polar surface area (TPSA) is 177 Å². The lowest BCUT2D eigenvalue weighted by Gasteiger charge is -2.76. The summed E-state index contributed by atoms with van der Waals surface area (Å²) in [5.74, 6) is 10.9. The fourth-order valence-corrected chi connectivity index (χ4v) is 23.5. The smallest absolute Gasteiger partial charge is 0.331 e. The zero-order valence-corrected chi connectivity index (χ0v) is 44.5. The second kappa shape index (κ2) is 17.7. The maximum atomic E-state index is 15.7. The number of hydrogen-bond donors (Lipinski definition) is 7. The molecule has 0 amide bonds. The predicted octanol–water partition coefficient (Wildman–Crippen LogP) is 7.57. The number of allylic oxidation sites excluding steroid dienone is 2. The number of carbonyl (C=O) groups excluding carboxylic acids is 2. The van der Waals surface area contributed by atoms with E-state index in [1.54, 1.807) is 6.08 Å². The van der Waals surface area contributed by atoms with Gasteiger partial charge in [0.1, 0.15) is 23.6 Å². The molecule has 10 heteroatoms. The minimum Gasteiger partial charge on any atom is -0.454 e. The molecule has 2 aromatic rings. The van der Waals surface area contributed by atoms with Crippen LogP contribution in [-0.2, 0) is 20.7 Å². The van der Waals surface area contributed by atoms with Crippen LogP contribution < -0.4 is 5.32 Å². The SMILES string of the molecule is O=C[C@]12C[C@@]34CC[C@@H]5[C@H](CC#C[C@@H]6C[C@@]78CCC#Cc9ccccc9C[C@H](NCO)[C@H]9C[C@H](C[C@]7(O)[C@](O)([C@@H](O)[C@H]7C[C@H]%10[C@H](C=CC[C@@H]%10C%10CCCC%10)C[C@H]([C@H]3O)[C@@]71O)[C@H]62)[C@@H]8C1=CC(=O)O[C@@H]19)[C@@H](c1ccccc1)CC[C@H]54. The molecular formula is C67H79NO9. The van der Waals surface area contributed by atoms with Gasteiger partial charge < -0.3 is 40.2 Å². The third-order valence-electron chi connectivity index (χ3n) is 25.9. The fraction of sp³-hybridized carbons (Fsp3) is 0.672. The molecule has 77 heavy (non-hydrogen) atoms. The largest absolute Gasteiger partial charge is 0.454 e. The summed E-state index contributed by atoms with van der Waals surface area (Å²) >= 11 is 0. The molecule has 1 heterocycles. The molecule has 9 saturated carbocycles. The third kappa shape index (κ3) is 6.42. The van der Waals surface area contributed by atoms with E-state index in [2.05, 4.69) is 77.5 Å². The summed E-state index contributed by atoms with van der Waals surface area (Å²) in [5, 5.41) is 87.4. The summed E-state index contributed by atoms with van der Waals surface area (Å²) in [6, 6.07) is 18.6. The van der Waals surface area contributed by atoms with Gasteiger partial charge in [-0.15, -0.1) is 5.92 Å². The second-order valence-corrected chi connectivity index (χ2v) is 27.9. The fourth-order valence-electron chi connectivity index (χ4n) is 23.5. The van der Waals surface area contributed by atoms with Crippen molar-refractivity contribution in [3.63, 3.8) is 0 Å². The van der Waals surface area contributed by atoms with Gasteiger partial charge in [0.15, 0.2) is 0 Å². The Bertz CT molecular complexity index is 2930. The number of aliphatic hydroxyl groups excluding tert-OH is 3. The van der Waals surface area contributed by atoms with E-state index in [1.807, 2.05) is 18.2 Å². The average molecular weight is 1040 g/mol. The number of esters is 1. The highest BCUT2D eigenvalue weighted by molar-refractivity contribution is 5.86. The van der Waals surface area contributed by atoms with E-state index < -0.39 is 86.9 Å². The van der Waals surface area contributed by atoms with Gasteiger partial charge in [0.05, 0.1) is 30.0 Å². The van der Waals surface area contributed by atoms with Crippen LogP contribution in [0.1, 0.15) is 138 Å². The Hall–Kier alpha value is -4.10. The van der Waals surface area contributed by atoms with Gasteiger partial charge in [0.25, 0.3) is 0 Å². The van der Waals surface area contributed by atoms with Crippen LogP contribution in [0, 0.1) is 123 Å². The number of fused-ring (bicyclic) bond motifs is 6. The molecular weight excluding hydrogens is 963 g/mol. The van der Waals surface area contributed by atoms with E-state index in [-0.39, 0.29) is 85.3 Å². The number of hydrogen-bond acceptors (Lipinski definition) is 10. The third-order valence-corrected chi connectivity index (χ3v) is 25.9. The molecule has 0 aromatic heterocycles. The van der Waals surface area contributed by atoms with Gasteiger partial charge >= 0.3 is 5.97 Å². The molecule has 406 valence electrons. The number of benzene rings is 2. The molecule has 12 aliphatic carbocycles. The lowest BCUT2D eigenvalue weighted by Crippen LogP contribution is -2.87. The molecule has 10 nitrogen and oxygen atoms in total. The summed E-state index contributed by atoms with van der Waals surface area (Å²) in [6.07, 6.45) is 16.5. The van der Waals surface area contributed by atoms with E-state index in [4.69, 9.17) is 4.74 Å². The van der Waals surface area contributed by atoms with Crippen LogP contribution in [0.15, 0.2) is 78.4 Å². The Morgan fingerprint density at radius 3 is 2.40 bits per heavy atom. The quantitative estimate of drug-likeness (QED) is 0.0520. The van der Waals surface area contributed by atoms with E-state index in [0.717, 1.165) is 61.5 Å². The van der Waals surface area contributed by atoms with Gasteiger partial charge in [-0.2, -0.15) is 0 Å². The number of aliphatic hydroxyl groups is 6. The van der Waals surface area contributed by atoms with Crippen LogP contribution in [0.3, 0.4) is 0 Å². The summed E-state index contributed by atoms with van der Waals surface area (Å²) in [6.45, 7) is -0.298. The standard InChI is InChI=1S/C67H79NO9/c69-36-64-35-62-27-25-48-47(46(23-24-52(48)62)40-14-2-1-3-15-40)22-11-20-43-33-63-26-9-8-13-38-12-4-7-18-41(38)30-55(68-37-70)50-28-44(57(63)51-32-56(71)77-58(50)51)34-65(63,74)67(76,59(43)64)61(73)54-31-49-42(29-53(60(62)72)66(54,64)75)19-10-21-45(49)39-16-5-6-17-39/h1-4,7,10,12,14-15,18-19,32,36,39,42-50,52-55,57-61,68,70,72-76H,5-6,9,16-17,21-31,33-35,37H2/t42-,43-,44-,45-,46-,47-,48-,49+,50-,52-,53-,54-,55+,57-,58-,59-,60-,61+,62-,63-,64+,65-,66-,67-/m1/s1. The lowest BCUT2D eigenvalue weighted by molar-refractivity contribution is -0.391. The molecule has 2 aromatic carbocycles. The zero-order valence-electron chi connectivity index (χ0n) is 44.5. The second-order valence-electron chi connectivity index (χ2n) is 27.9. The molecule has 13 aliphatic rings. The van der Waals surface area contributed by atoms with Crippen molar-refractivity contribution in [2.45, 2.75) is 169 Å². The average Bonchev–Trinajstić information content (AvgIpc) is 2.77. The molecule has 2 spiro atoms. The van der Waals surface area contributed by atoms with Gasteiger partial charge in [-0.05, 0) is 165 Å². The molecule has 9 bridgehead atoms. The molecule has 0 saturated heterocycles. The predicted molar refractivity (Wildman–Crippen MR) is 287 cm³/mol. The highest BCUT2D eigenvalue weighted by Crippen LogP contribution is 2.81. The molecule has 7 N–H and O–H groups in total. The molecule has 1 aliphatic heterocycles. The lowest BCUT2D eigenvalue weighted by atomic mass is 9.31. The first-order valence-corrected chi connectivity index (χ1v) is 30.4. The van der Waals surface area contributed by atoms with E-state index >= 15 is 15.0 Å². The summed E-state index contributed by atoms with van der Waals surface area (Å²) < 4.78 is 6.41. The van der Waals surface area contributed by atoms with Crippen molar-refractivity contribution in [1.29, 1.82) is 0 Å². The normalized spacial score (nSPS) is 51.4.